The molecular formula is C18H23N. The van der Waals surface area contributed by atoms with Crippen molar-refractivity contribution >= 4 is 0 Å². The van der Waals surface area contributed by atoms with E-state index < -0.39 is 0 Å². The quantitative estimate of drug-likeness (QED) is 0.644. The Bertz CT molecular complexity index is 524. The summed E-state index contributed by atoms with van der Waals surface area (Å²) >= 11 is 0. The Balaban J connectivity index is 1.85. The second kappa shape index (κ2) is 5.64. The predicted octanol–water partition coefficient (Wildman–Crippen LogP) is 5.22. The fraction of sp³-hybridized carbons (Fsp3) is 0.444. The molecule has 0 radical (unpaired) electrons. The Hall–Kier alpha value is -1.50. The van der Waals surface area contributed by atoms with Gasteiger partial charge in [0, 0.05) is 29.9 Å². The first-order chi connectivity index (χ1) is 9.40. The van der Waals surface area contributed by atoms with Gasteiger partial charge < -0.3 is 4.57 Å². The van der Waals surface area contributed by atoms with Crippen molar-refractivity contribution in [3.05, 3.63) is 48.3 Å². The van der Waals surface area contributed by atoms with Gasteiger partial charge >= 0.3 is 0 Å². The Morgan fingerprint density at radius 3 is 2.74 bits per heavy atom. The zero-order valence-electron chi connectivity index (χ0n) is 11.8. The molecule has 1 unspecified atom stereocenters. The van der Waals surface area contributed by atoms with Crippen LogP contribution in [0.4, 0.5) is 0 Å². The van der Waals surface area contributed by atoms with Crippen LogP contribution in [0.3, 0.4) is 0 Å². The third kappa shape index (κ3) is 2.47. The van der Waals surface area contributed by atoms with Crippen LogP contribution in [-0.4, -0.2) is 4.57 Å². The maximum atomic E-state index is 2.47. The van der Waals surface area contributed by atoms with E-state index in [4.69, 9.17) is 0 Å². The van der Waals surface area contributed by atoms with E-state index in [9.17, 15) is 0 Å². The molecule has 2 aromatic rings. The van der Waals surface area contributed by atoms with E-state index in [1.54, 1.807) is 5.69 Å². The molecule has 1 aliphatic rings. The molecule has 0 fully saturated rings. The van der Waals surface area contributed by atoms with E-state index in [1.165, 1.54) is 49.8 Å². The van der Waals surface area contributed by atoms with Gasteiger partial charge in [0.05, 0.1) is 0 Å². The van der Waals surface area contributed by atoms with Crippen LogP contribution in [-0.2, 0) is 6.54 Å². The molecule has 0 aliphatic carbocycles. The molecule has 0 saturated heterocycles. The number of aromatic nitrogens is 1. The van der Waals surface area contributed by atoms with E-state index in [-0.39, 0.29) is 0 Å². The van der Waals surface area contributed by atoms with Crippen molar-refractivity contribution < 1.29 is 0 Å². The molecule has 19 heavy (non-hydrogen) atoms. The van der Waals surface area contributed by atoms with Gasteiger partial charge in [-0.1, -0.05) is 56.5 Å². The summed E-state index contributed by atoms with van der Waals surface area (Å²) in [7, 11) is 0. The highest BCUT2D eigenvalue weighted by Gasteiger charge is 2.25. The number of rotatable bonds is 5. The molecule has 1 heteroatoms. The van der Waals surface area contributed by atoms with Crippen molar-refractivity contribution in [1.29, 1.82) is 0 Å². The zero-order chi connectivity index (χ0) is 13.1. The summed E-state index contributed by atoms with van der Waals surface area (Å²) in [6.07, 6.45) is 9.03. The first kappa shape index (κ1) is 12.5. The highest BCUT2D eigenvalue weighted by Crippen LogP contribution is 2.39. The third-order valence-corrected chi connectivity index (χ3v) is 4.35. The smallest absolute Gasteiger partial charge is 0.0285 e. The fourth-order valence-corrected chi connectivity index (χ4v) is 3.35. The molecule has 0 spiro atoms. The average Bonchev–Trinajstić information content (AvgIpc) is 3.03. The van der Waals surface area contributed by atoms with Gasteiger partial charge in [0.1, 0.15) is 0 Å². The highest BCUT2D eigenvalue weighted by atomic mass is 15.0. The first-order valence-electron chi connectivity index (χ1n) is 7.64. The van der Waals surface area contributed by atoms with Crippen molar-refractivity contribution in [2.45, 2.75) is 51.5 Å². The SMILES string of the molecule is CCCCCC1CCn2ccc(-c3ccccc3)c21. The molecule has 1 aliphatic heterocycles. The third-order valence-electron chi connectivity index (χ3n) is 4.35. The topological polar surface area (TPSA) is 4.93 Å². The van der Waals surface area contributed by atoms with Crippen molar-refractivity contribution in [1.82, 2.24) is 4.57 Å². The standard InChI is InChI=1S/C18H23N/c1-2-3-5-10-16-11-13-19-14-12-17(18(16)19)15-8-6-4-7-9-15/h4,6-9,12,14,16H,2-3,5,10-11,13H2,1H3. The lowest BCUT2D eigenvalue weighted by Crippen LogP contribution is -1.96. The van der Waals surface area contributed by atoms with Crippen LogP contribution in [0.15, 0.2) is 42.6 Å². The van der Waals surface area contributed by atoms with Crippen LogP contribution in [0.25, 0.3) is 11.1 Å². The van der Waals surface area contributed by atoms with Crippen LogP contribution in [0.2, 0.25) is 0 Å². The molecule has 100 valence electrons. The molecule has 1 nitrogen and oxygen atoms in total. The van der Waals surface area contributed by atoms with Gasteiger partial charge in [0.15, 0.2) is 0 Å². The van der Waals surface area contributed by atoms with Crippen molar-refractivity contribution in [2.75, 3.05) is 0 Å². The van der Waals surface area contributed by atoms with Crippen LogP contribution < -0.4 is 0 Å². The second-order valence-electron chi connectivity index (χ2n) is 5.66. The van der Waals surface area contributed by atoms with Crippen LogP contribution >= 0.6 is 0 Å². The molecule has 0 amide bonds. The first-order valence-corrected chi connectivity index (χ1v) is 7.64. The maximum absolute atomic E-state index is 2.47. The van der Waals surface area contributed by atoms with Gasteiger partial charge in [-0.05, 0) is 24.5 Å². The van der Waals surface area contributed by atoms with Gasteiger partial charge in [-0.3, -0.25) is 0 Å². The number of fused-ring (bicyclic) bond motifs is 1. The Labute approximate surface area is 116 Å². The van der Waals surface area contributed by atoms with Crippen LogP contribution in [0, 0.1) is 0 Å². The van der Waals surface area contributed by atoms with Crippen LogP contribution in [0.5, 0.6) is 0 Å². The molecular weight excluding hydrogens is 230 g/mol. The number of nitrogens with zero attached hydrogens (tertiary/aromatic N) is 1. The number of unbranched alkanes of at least 4 members (excludes halogenated alkanes) is 2. The van der Waals surface area contributed by atoms with E-state index in [0.29, 0.717) is 0 Å². The van der Waals surface area contributed by atoms with Crippen molar-refractivity contribution in [3.63, 3.8) is 0 Å². The molecule has 0 bridgehead atoms. The summed E-state index contributed by atoms with van der Waals surface area (Å²) in [6.45, 7) is 3.49. The Kier molecular flexibility index (Phi) is 3.72. The molecule has 1 atom stereocenters. The molecule has 0 N–H and O–H groups in total. The van der Waals surface area contributed by atoms with Crippen LogP contribution in [0.1, 0.15) is 50.6 Å². The number of hydrogen-bond donors (Lipinski definition) is 0. The van der Waals surface area contributed by atoms with Gasteiger partial charge in [0.2, 0.25) is 0 Å². The molecule has 0 saturated carbocycles. The summed E-state index contributed by atoms with van der Waals surface area (Å²) in [5, 5.41) is 0. The van der Waals surface area contributed by atoms with Gasteiger partial charge in [0.25, 0.3) is 0 Å². The van der Waals surface area contributed by atoms with Gasteiger partial charge in [-0.15, -0.1) is 0 Å². The normalized spacial score (nSPS) is 17.6. The number of aryl methyl sites for hydroxylation is 1. The van der Waals surface area contributed by atoms with E-state index in [1.807, 2.05) is 0 Å². The van der Waals surface area contributed by atoms with E-state index >= 15 is 0 Å². The zero-order valence-corrected chi connectivity index (χ0v) is 11.8. The van der Waals surface area contributed by atoms with Gasteiger partial charge in [-0.2, -0.15) is 0 Å². The van der Waals surface area contributed by atoms with Crippen molar-refractivity contribution in [3.8, 4) is 11.1 Å². The number of hydrogen-bond acceptors (Lipinski definition) is 0. The molecule has 1 aromatic carbocycles. The lowest BCUT2D eigenvalue weighted by molar-refractivity contribution is 0.561. The summed E-state index contributed by atoms with van der Waals surface area (Å²) in [4.78, 5) is 0. The highest BCUT2D eigenvalue weighted by molar-refractivity contribution is 5.67. The molecule has 3 rings (SSSR count). The molecule has 2 heterocycles. The Morgan fingerprint density at radius 2 is 1.95 bits per heavy atom. The summed E-state index contributed by atoms with van der Waals surface area (Å²) in [5.41, 5.74) is 4.42. The minimum Gasteiger partial charge on any atom is -0.351 e. The second-order valence-corrected chi connectivity index (χ2v) is 5.66. The minimum atomic E-state index is 0.775. The lowest BCUT2D eigenvalue weighted by atomic mass is 9.92. The van der Waals surface area contributed by atoms with Crippen molar-refractivity contribution in [2.24, 2.45) is 0 Å². The predicted molar refractivity (Wildman–Crippen MR) is 81.4 cm³/mol. The summed E-state index contributed by atoms with van der Waals surface area (Å²) < 4.78 is 2.47. The summed E-state index contributed by atoms with van der Waals surface area (Å²) in [5.74, 6) is 0.775. The summed E-state index contributed by atoms with van der Waals surface area (Å²) in [6, 6.07) is 13.1. The fourth-order valence-electron chi connectivity index (χ4n) is 3.35. The number of benzene rings is 1. The van der Waals surface area contributed by atoms with Gasteiger partial charge in [-0.25, -0.2) is 0 Å². The monoisotopic (exact) mass is 253 g/mol. The average molecular weight is 253 g/mol. The van der Waals surface area contributed by atoms with E-state index in [0.717, 1.165) is 5.92 Å². The lowest BCUT2D eigenvalue weighted by Gasteiger charge is -2.12. The van der Waals surface area contributed by atoms with E-state index in [2.05, 4.69) is 54.1 Å². The maximum Gasteiger partial charge on any atom is 0.0285 e. The minimum absolute atomic E-state index is 0.775. The Morgan fingerprint density at radius 1 is 1.11 bits per heavy atom. The molecule has 1 aromatic heterocycles. The largest absolute Gasteiger partial charge is 0.351 e.